The Balaban J connectivity index is 1.72. The third-order valence-electron chi connectivity index (χ3n) is 7.09. The lowest BCUT2D eigenvalue weighted by Crippen LogP contribution is -2.56. The number of hydrogen-bond donors (Lipinski definition) is 4. The third kappa shape index (κ3) is 7.70. The lowest BCUT2D eigenvalue weighted by atomic mass is 9.87. The van der Waals surface area contributed by atoms with Gasteiger partial charge in [0.25, 0.3) is 5.91 Å². The van der Waals surface area contributed by atoms with Crippen LogP contribution < -0.4 is 14.8 Å². The molecule has 4 atom stereocenters. The second-order valence-electron chi connectivity index (χ2n) is 9.88. The van der Waals surface area contributed by atoms with Crippen molar-refractivity contribution in [3.8, 4) is 11.5 Å². The molecule has 2 aliphatic rings. The van der Waals surface area contributed by atoms with E-state index < -0.39 is 30.3 Å². The molecule has 0 aromatic heterocycles. The van der Waals surface area contributed by atoms with Gasteiger partial charge in [-0.25, -0.2) is 0 Å². The van der Waals surface area contributed by atoms with Gasteiger partial charge in [0.2, 0.25) is 5.91 Å². The molecule has 2 amide bonds. The van der Waals surface area contributed by atoms with Gasteiger partial charge < -0.3 is 39.7 Å². The van der Waals surface area contributed by atoms with Crippen molar-refractivity contribution in [3.63, 3.8) is 0 Å². The zero-order valence-electron chi connectivity index (χ0n) is 22.6. The highest BCUT2D eigenvalue weighted by Crippen LogP contribution is 2.37. The number of carbonyl (C=O) groups is 2. The summed E-state index contributed by atoms with van der Waals surface area (Å²) in [6, 6.07) is 9.60. The fourth-order valence-corrected chi connectivity index (χ4v) is 5.92. The first-order valence-electron chi connectivity index (χ1n) is 13.3. The molecule has 1 unspecified atom stereocenters. The van der Waals surface area contributed by atoms with E-state index in [4.69, 9.17) is 25.8 Å². The van der Waals surface area contributed by atoms with Crippen LogP contribution in [0.4, 0.5) is 0 Å². The van der Waals surface area contributed by atoms with Crippen LogP contribution in [0.1, 0.15) is 30.4 Å². The predicted molar refractivity (Wildman–Crippen MR) is 160 cm³/mol. The Bertz CT molecular complexity index is 1250. The number of nitrogens with zero attached hydrogens (tertiary/aromatic N) is 1. The third-order valence-corrected chi connectivity index (χ3v) is 8.15. The molecule has 1 saturated heterocycles. The van der Waals surface area contributed by atoms with Gasteiger partial charge in [0, 0.05) is 36.7 Å². The first-order valence-corrected chi connectivity index (χ1v) is 14.8. The maximum absolute atomic E-state index is 13.8. The van der Waals surface area contributed by atoms with E-state index in [2.05, 4.69) is 27.9 Å². The Labute approximate surface area is 257 Å². The summed E-state index contributed by atoms with van der Waals surface area (Å²) in [7, 11) is 1.47. The molecule has 1 fully saturated rings. The number of methoxy groups -OCH3 is 1. The SMILES string of the molecule is COc1cc(CO)cc(I)c1O[C@H]1C=C(C(=O)NCCO)C[C@@H](N(Cc2ccc(Cl)cc2)C(=O)C2CCCO2)[C@@H]1O. The Kier molecular flexibility index (Phi) is 11.3. The van der Waals surface area contributed by atoms with E-state index in [-0.39, 0.29) is 38.6 Å². The summed E-state index contributed by atoms with van der Waals surface area (Å²) >= 11 is 8.14. The number of hydrogen-bond acceptors (Lipinski definition) is 8. The first-order chi connectivity index (χ1) is 19.7. The van der Waals surface area contributed by atoms with Gasteiger partial charge in [0.1, 0.15) is 18.3 Å². The Morgan fingerprint density at radius 2 is 1.95 bits per heavy atom. The van der Waals surface area contributed by atoms with Crippen molar-refractivity contribution < 1.29 is 39.1 Å². The van der Waals surface area contributed by atoms with Crippen LogP contribution in [0.25, 0.3) is 0 Å². The Hall–Kier alpha value is -2.42. The summed E-state index contributed by atoms with van der Waals surface area (Å²) in [6.45, 7) is 0.244. The minimum Gasteiger partial charge on any atom is -0.493 e. The molecule has 0 bridgehead atoms. The van der Waals surface area contributed by atoms with E-state index in [0.717, 1.165) is 12.0 Å². The van der Waals surface area contributed by atoms with Crippen LogP contribution in [-0.4, -0.2) is 83.3 Å². The van der Waals surface area contributed by atoms with E-state index in [1.807, 2.05) is 12.1 Å². The topological polar surface area (TPSA) is 138 Å². The van der Waals surface area contributed by atoms with Gasteiger partial charge in [-0.15, -0.1) is 0 Å². The van der Waals surface area contributed by atoms with Gasteiger partial charge in [-0.3, -0.25) is 9.59 Å². The highest BCUT2D eigenvalue weighted by molar-refractivity contribution is 14.1. The average molecular weight is 701 g/mol. The predicted octanol–water partition coefficient (Wildman–Crippen LogP) is 2.57. The number of carbonyl (C=O) groups excluding carboxylic acids is 2. The lowest BCUT2D eigenvalue weighted by Gasteiger charge is -2.41. The van der Waals surface area contributed by atoms with Gasteiger partial charge in [-0.2, -0.15) is 0 Å². The fourth-order valence-electron chi connectivity index (χ4n) is 5.00. The summed E-state index contributed by atoms with van der Waals surface area (Å²) in [5.74, 6) is -0.0333. The van der Waals surface area contributed by atoms with Crippen LogP contribution in [0, 0.1) is 3.57 Å². The fraction of sp³-hybridized carbons (Fsp3) is 0.448. The maximum Gasteiger partial charge on any atom is 0.252 e. The number of aliphatic hydroxyl groups is 3. The molecule has 4 rings (SSSR count). The highest BCUT2D eigenvalue weighted by Gasteiger charge is 2.43. The number of halogens is 2. The zero-order chi connectivity index (χ0) is 29.5. The molecule has 12 heteroatoms. The monoisotopic (exact) mass is 700 g/mol. The van der Waals surface area contributed by atoms with E-state index in [0.29, 0.717) is 44.3 Å². The molecule has 0 radical (unpaired) electrons. The van der Waals surface area contributed by atoms with Crippen LogP contribution in [0.5, 0.6) is 11.5 Å². The summed E-state index contributed by atoms with van der Waals surface area (Å²) in [4.78, 5) is 28.5. The summed E-state index contributed by atoms with van der Waals surface area (Å²) in [5.41, 5.74) is 1.72. The molecule has 0 saturated carbocycles. The van der Waals surface area contributed by atoms with Crippen molar-refractivity contribution in [2.24, 2.45) is 0 Å². The maximum atomic E-state index is 13.8. The minimum absolute atomic E-state index is 0.0482. The highest BCUT2D eigenvalue weighted by atomic mass is 127. The zero-order valence-corrected chi connectivity index (χ0v) is 25.5. The van der Waals surface area contributed by atoms with Crippen molar-refractivity contribution in [2.75, 3.05) is 26.9 Å². The van der Waals surface area contributed by atoms with E-state index in [1.165, 1.54) is 7.11 Å². The van der Waals surface area contributed by atoms with Crippen LogP contribution in [0.15, 0.2) is 48.0 Å². The minimum atomic E-state index is -1.22. The molecular weight excluding hydrogens is 667 g/mol. The van der Waals surface area contributed by atoms with Crippen LogP contribution in [0.3, 0.4) is 0 Å². The molecule has 0 spiro atoms. The summed E-state index contributed by atoms with van der Waals surface area (Å²) < 4.78 is 18.1. The van der Waals surface area contributed by atoms with Gasteiger partial charge in [-0.1, -0.05) is 23.7 Å². The number of ether oxygens (including phenoxy) is 3. The standard InChI is InChI=1S/C29H34ClIN2O8/c1-39-25-12-18(16-35)11-21(31)27(25)41-24-14-19(28(37)32-8-9-34)13-22(26(24)36)33(29(38)23-3-2-10-40-23)15-17-4-6-20(30)7-5-17/h4-7,11-12,14,22-24,26,34-36H,2-3,8-10,13,15-16H2,1H3,(H,32,37)/t22-,23?,24+,26+/m1/s1. The van der Waals surface area contributed by atoms with Crippen molar-refractivity contribution in [1.29, 1.82) is 0 Å². The molecule has 1 aliphatic carbocycles. The van der Waals surface area contributed by atoms with E-state index in [1.54, 1.807) is 35.2 Å². The van der Waals surface area contributed by atoms with Crippen LogP contribution >= 0.6 is 34.2 Å². The summed E-state index contributed by atoms with van der Waals surface area (Å²) in [5, 5.41) is 33.8. The van der Waals surface area contributed by atoms with E-state index in [9.17, 15) is 24.9 Å². The van der Waals surface area contributed by atoms with Gasteiger partial charge >= 0.3 is 0 Å². The smallest absolute Gasteiger partial charge is 0.252 e. The lowest BCUT2D eigenvalue weighted by molar-refractivity contribution is -0.149. The molecule has 1 aliphatic heterocycles. The largest absolute Gasteiger partial charge is 0.493 e. The summed E-state index contributed by atoms with van der Waals surface area (Å²) in [6.07, 6.45) is 0.00323. The second-order valence-corrected chi connectivity index (χ2v) is 11.5. The molecule has 2 aromatic rings. The molecule has 1 heterocycles. The molecule has 41 heavy (non-hydrogen) atoms. The molecule has 2 aromatic carbocycles. The van der Waals surface area contributed by atoms with Gasteiger partial charge in [0.15, 0.2) is 11.5 Å². The molecule has 4 N–H and O–H groups in total. The Morgan fingerprint density at radius 3 is 2.59 bits per heavy atom. The van der Waals surface area contributed by atoms with Gasteiger partial charge in [-0.05, 0) is 76.9 Å². The number of rotatable bonds is 11. The molecular formula is C29H34ClIN2O8. The van der Waals surface area contributed by atoms with Crippen molar-refractivity contribution >= 4 is 46.0 Å². The molecule has 222 valence electrons. The number of benzene rings is 2. The average Bonchev–Trinajstić information content (AvgIpc) is 3.52. The first kappa shape index (κ1) is 31.5. The number of aliphatic hydroxyl groups excluding tert-OH is 3. The van der Waals surface area contributed by atoms with Crippen molar-refractivity contribution in [3.05, 3.63) is 67.8 Å². The van der Waals surface area contributed by atoms with E-state index >= 15 is 0 Å². The molecule has 10 nitrogen and oxygen atoms in total. The number of amides is 2. The second kappa shape index (κ2) is 14.7. The van der Waals surface area contributed by atoms with Crippen LogP contribution in [-0.2, 0) is 27.5 Å². The quantitative estimate of drug-likeness (QED) is 0.263. The normalized spacial score (nSPS) is 22.1. The van der Waals surface area contributed by atoms with Crippen molar-refractivity contribution in [1.82, 2.24) is 10.2 Å². The van der Waals surface area contributed by atoms with Gasteiger partial charge in [0.05, 0.1) is 29.9 Å². The Morgan fingerprint density at radius 1 is 1.20 bits per heavy atom. The van der Waals surface area contributed by atoms with Crippen molar-refractivity contribution in [2.45, 2.75) is 56.8 Å². The number of nitrogens with one attached hydrogen (secondary N) is 1. The van der Waals surface area contributed by atoms with Crippen LogP contribution in [0.2, 0.25) is 5.02 Å².